The average molecular weight is 475 g/mol. The van der Waals surface area contributed by atoms with Crippen molar-refractivity contribution in [3.63, 3.8) is 0 Å². The molecule has 0 bridgehead atoms. The van der Waals surface area contributed by atoms with Gasteiger partial charge in [-0.2, -0.15) is 0 Å². The summed E-state index contributed by atoms with van der Waals surface area (Å²) in [6.45, 7) is 0. The van der Waals surface area contributed by atoms with Gasteiger partial charge >= 0.3 is 0 Å². The second kappa shape index (κ2) is 7.59. The first-order valence-corrected chi connectivity index (χ1v) is 12.3. The van der Waals surface area contributed by atoms with Gasteiger partial charge in [-0.1, -0.05) is 54.6 Å². The van der Waals surface area contributed by atoms with E-state index in [-0.39, 0.29) is 0 Å². The van der Waals surface area contributed by atoms with Crippen LogP contribution in [0.4, 0.5) is 0 Å². The van der Waals surface area contributed by atoms with Gasteiger partial charge in [0.05, 0.1) is 15.9 Å². The van der Waals surface area contributed by atoms with Crippen molar-refractivity contribution in [1.29, 1.82) is 0 Å². The zero-order valence-corrected chi connectivity index (χ0v) is 19.2. The molecule has 168 valence electrons. The first-order chi connectivity index (χ1) is 17.2. The second-order valence-corrected chi connectivity index (χ2v) is 9.35. The van der Waals surface area contributed by atoms with Gasteiger partial charge in [-0.15, -0.1) is 10.2 Å². The SMILES string of the molecule is O=S(O)c1ccc(-n2c3ccccc3c3nnc4c5ccccc5n(-c5ccccc5)c4c32)cc1. The lowest BCUT2D eigenvalue weighted by molar-refractivity contribution is 0.564. The predicted octanol–water partition coefficient (Wildman–Crippen LogP) is 6.25. The molecule has 0 amide bonds. The first kappa shape index (κ1) is 20.1. The molecule has 7 aromatic rings. The van der Waals surface area contributed by atoms with Crippen molar-refractivity contribution < 1.29 is 8.76 Å². The highest BCUT2D eigenvalue weighted by Crippen LogP contribution is 2.39. The molecule has 3 heterocycles. The highest BCUT2D eigenvalue weighted by atomic mass is 32.2. The monoisotopic (exact) mass is 474 g/mol. The molecule has 1 atom stereocenters. The number of fused-ring (bicyclic) bond motifs is 7. The lowest BCUT2D eigenvalue weighted by Crippen LogP contribution is -2.00. The van der Waals surface area contributed by atoms with E-state index in [2.05, 4.69) is 45.5 Å². The number of nitrogens with zero attached hydrogens (tertiary/aromatic N) is 4. The summed E-state index contributed by atoms with van der Waals surface area (Å²) < 4.78 is 25.5. The van der Waals surface area contributed by atoms with Gasteiger partial charge in [0.15, 0.2) is 11.1 Å². The van der Waals surface area contributed by atoms with Crippen LogP contribution in [0.25, 0.3) is 55.2 Å². The van der Waals surface area contributed by atoms with Gasteiger partial charge in [0.1, 0.15) is 22.1 Å². The summed E-state index contributed by atoms with van der Waals surface area (Å²) in [7, 11) is 0. The van der Waals surface area contributed by atoms with E-state index in [0.29, 0.717) is 4.90 Å². The molecule has 0 aliphatic carbocycles. The fourth-order valence-corrected chi connectivity index (χ4v) is 5.38. The van der Waals surface area contributed by atoms with E-state index in [1.54, 1.807) is 12.1 Å². The maximum Gasteiger partial charge on any atom is 0.186 e. The third-order valence-corrected chi connectivity index (χ3v) is 7.16. The average Bonchev–Trinajstić information content (AvgIpc) is 3.42. The molecule has 0 radical (unpaired) electrons. The van der Waals surface area contributed by atoms with Crippen molar-refractivity contribution in [3.05, 3.63) is 103 Å². The quantitative estimate of drug-likeness (QED) is 0.307. The molecular formula is C28H18N4O2S. The van der Waals surface area contributed by atoms with Crippen LogP contribution >= 0.6 is 0 Å². The fraction of sp³-hybridized carbons (Fsp3) is 0. The molecule has 35 heavy (non-hydrogen) atoms. The molecule has 0 fully saturated rings. The summed E-state index contributed by atoms with van der Waals surface area (Å²) in [6.07, 6.45) is 0. The van der Waals surface area contributed by atoms with E-state index in [0.717, 1.165) is 55.2 Å². The van der Waals surface area contributed by atoms with Crippen LogP contribution in [0.1, 0.15) is 0 Å². The van der Waals surface area contributed by atoms with Gasteiger partial charge in [0.2, 0.25) is 0 Å². The number of hydrogen-bond acceptors (Lipinski definition) is 3. The third-order valence-electron chi connectivity index (χ3n) is 6.48. The van der Waals surface area contributed by atoms with E-state index < -0.39 is 11.1 Å². The summed E-state index contributed by atoms with van der Waals surface area (Å²) in [5, 5.41) is 11.5. The summed E-state index contributed by atoms with van der Waals surface area (Å²) in [4.78, 5) is 0.359. The number of rotatable bonds is 3. The highest BCUT2D eigenvalue weighted by molar-refractivity contribution is 7.79. The van der Waals surface area contributed by atoms with Crippen molar-refractivity contribution in [1.82, 2.24) is 19.3 Å². The zero-order chi connectivity index (χ0) is 23.5. The largest absolute Gasteiger partial charge is 0.306 e. The fourth-order valence-electron chi connectivity index (χ4n) is 5.01. The van der Waals surface area contributed by atoms with E-state index in [1.807, 2.05) is 54.6 Å². The van der Waals surface area contributed by atoms with Gasteiger partial charge in [-0.25, -0.2) is 4.21 Å². The van der Waals surface area contributed by atoms with Crippen LogP contribution in [-0.2, 0) is 11.1 Å². The normalized spacial score (nSPS) is 12.7. The van der Waals surface area contributed by atoms with Crippen molar-refractivity contribution in [2.45, 2.75) is 4.90 Å². The minimum absolute atomic E-state index is 0.359. The maximum absolute atomic E-state index is 11.6. The van der Waals surface area contributed by atoms with Crippen LogP contribution in [0, 0.1) is 0 Å². The Balaban J connectivity index is 1.72. The minimum Gasteiger partial charge on any atom is -0.306 e. The Morgan fingerprint density at radius 1 is 0.571 bits per heavy atom. The van der Waals surface area contributed by atoms with Crippen molar-refractivity contribution in [2.24, 2.45) is 0 Å². The summed E-state index contributed by atoms with van der Waals surface area (Å²) in [6, 6.07) is 33.8. The molecule has 7 rings (SSSR count). The maximum atomic E-state index is 11.6. The van der Waals surface area contributed by atoms with Crippen LogP contribution in [-0.4, -0.2) is 28.1 Å². The Bertz CT molecular complexity index is 1920. The summed E-state index contributed by atoms with van der Waals surface area (Å²) >= 11 is -2.04. The van der Waals surface area contributed by atoms with Crippen LogP contribution in [0.2, 0.25) is 0 Å². The number of aromatic nitrogens is 4. The van der Waals surface area contributed by atoms with Gasteiger partial charge in [-0.3, -0.25) is 0 Å². The zero-order valence-electron chi connectivity index (χ0n) is 18.4. The van der Waals surface area contributed by atoms with Crippen LogP contribution in [0.15, 0.2) is 108 Å². The van der Waals surface area contributed by atoms with Gasteiger partial charge in [0.25, 0.3) is 0 Å². The first-order valence-electron chi connectivity index (χ1n) is 11.2. The molecule has 1 unspecified atom stereocenters. The van der Waals surface area contributed by atoms with Crippen molar-refractivity contribution >= 4 is 55.0 Å². The van der Waals surface area contributed by atoms with E-state index in [4.69, 9.17) is 10.2 Å². The standard InChI is InChI=1S/C28H18N4O2S/c33-35(34)20-16-14-19(15-17-20)32-24-13-7-5-11-22(24)26-28(32)27-25(29-30-26)21-10-4-6-12-23(21)31(27)18-8-2-1-3-9-18/h1-17H,(H,33,34). The Labute approximate surface area is 202 Å². The van der Waals surface area contributed by atoms with E-state index in [1.165, 1.54) is 0 Å². The molecule has 7 heteroatoms. The number of hydrogen-bond donors (Lipinski definition) is 1. The highest BCUT2D eigenvalue weighted by Gasteiger charge is 2.22. The van der Waals surface area contributed by atoms with Gasteiger partial charge in [-0.05, 0) is 48.5 Å². The molecule has 6 nitrogen and oxygen atoms in total. The lowest BCUT2D eigenvalue weighted by atomic mass is 10.2. The molecule has 0 spiro atoms. The Morgan fingerprint density at radius 2 is 1.03 bits per heavy atom. The second-order valence-electron chi connectivity index (χ2n) is 8.38. The Morgan fingerprint density at radius 3 is 1.54 bits per heavy atom. The predicted molar refractivity (Wildman–Crippen MR) is 140 cm³/mol. The minimum atomic E-state index is -2.04. The van der Waals surface area contributed by atoms with Crippen LogP contribution < -0.4 is 0 Å². The molecule has 0 saturated heterocycles. The molecule has 0 aliphatic rings. The van der Waals surface area contributed by atoms with Gasteiger partial charge in [0, 0.05) is 22.1 Å². The Kier molecular flexibility index (Phi) is 4.36. The lowest BCUT2D eigenvalue weighted by Gasteiger charge is -2.12. The number of benzene rings is 4. The van der Waals surface area contributed by atoms with Gasteiger partial charge < -0.3 is 13.7 Å². The van der Waals surface area contributed by atoms with Crippen LogP contribution in [0.3, 0.4) is 0 Å². The van der Waals surface area contributed by atoms with Crippen molar-refractivity contribution in [2.75, 3.05) is 0 Å². The smallest absolute Gasteiger partial charge is 0.186 e. The van der Waals surface area contributed by atoms with Crippen LogP contribution in [0.5, 0.6) is 0 Å². The molecule has 0 saturated carbocycles. The number of para-hydroxylation sites is 3. The summed E-state index contributed by atoms with van der Waals surface area (Å²) in [5.74, 6) is 0. The molecule has 1 N–H and O–H groups in total. The summed E-state index contributed by atoms with van der Waals surface area (Å²) in [5.41, 5.74) is 7.50. The molecule has 0 aliphatic heterocycles. The van der Waals surface area contributed by atoms with Crippen molar-refractivity contribution in [3.8, 4) is 11.4 Å². The topological polar surface area (TPSA) is 72.9 Å². The van der Waals surface area contributed by atoms with E-state index in [9.17, 15) is 8.76 Å². The van der Waals surface area contributed by atoms with E-state index >= 15 is 0 Å². The Hall–Kier alpha value is -4.33. The molecular weight excluding hydrogens is 456 g/mol. The molecule has 4 aromatic carbocycles. The third kappa shape index (κ3) is 2.89. The molecule has 3 aromatic heterocycles.